The number of fused-ring (bicyclic) bond motifs is 4. The second kappa shape index (κ2) is 4.38. The molecule has 4 heterocycles. The fraction of sp³-hybridized carbons (Fsp3) is 0.312. The zero-order valence-corrected chi connectivity index (χ0v) is 13.0. The van der Waals surface area contributed by atoms with Crippen LogP contribution in [0.25, 0.3) is 16.7 Å². The van der Waals surface area contributed by atoms with Crippen LogP contribution in [0.15, 0.2) is 24.3 Å². The predicted molar refractivity (Wildman–Crippen MR) is 88.3 cm³/mol. The maximum Gasteiger partial charge on any atom is 0.144 e. The topological polar surface area (TPSA) is 39.2 Å². The molecule has 2 aliphatic rings. The maximum atomic E-state index is 6.77. The van der Waals surface area contributed by atoms with E-state index in [1.54, 1.807) is 0 Å². The van der Waals surface area contributed by atoms with E-state index >= 15 is 0 Å². The Hall–Kier alpha value is -1.23. The summed E-state index contributed by atoms with van der Waals surface area (Å²) in [5, 5.41) is 4.31. The van der Waals surface area contributed by atoms with Crippen LogP contribution in [0, 0.1) is 0 Å². The first-order chi connectivity index (χ1) is 10.3. The molecular formula is C16H14ClN3S. The number of aromatic nitrogens is 2. The number of pyridine rings is 1. The van der Waals surface area contributed by atoms with Gasteiger partial charge in [0, 0.05) is 29.5 Å². The van der Waals surface area contributed by atoms with Crippen LogP contribution >= 0.6 is 23.4 Å². The van der Waals surface area contributed by atoms with Gasteiger partial charge in [-0.05, 0) is 29.9 Å². The molecule has 106 valence electrons. The molecule has 1 aromatic carbocycles. The number of halogens is 1. The van der Waals surface area contributed by atoms with Gasteiger partial charge >= 0.3 is 0 Å². The van der Waals surface area contributed by atoms with Gasteiger partial charge in [-0.1, -0.05) is 23.7 Å². The molecule has 0 unspecified atom stereocenters. The van der Waals surface area contributed by atoms with Crippen molar-refractivity contribution in [3.8, 4) is 0 Å². The monoisotopic (exact) mass is 315 g/mol. The molecule has 2 aliphatic heterocycles. The van der Waals surface area contributed by atoms with Gasteiger partial charge in [0.2, 0.25) is 0 Å². The van der Waals surface area contributed by atoms with E-state index in [9.17, 15) is 0 Å². The quantitative estimate of drug-likeness (QED) is 0.551. The first-order valence-corrected chi connectivity index (χ1v) is 8.79. The number of nitrogens with zero attached hydrogens (tertiary/aromatic N) is 2. The minimum Gasteiger partial charge on any atom is -0.307 e. The average molecular weight is 316 g/mol. The van der Waals surface area contributed by atoms with Gasteiger partial charge in [-0.15, -0.1) is 0 Å². The summed E-state index contributed by atoms with van der Waals surface area (Å²) < 4.78 is 2.15. The number of hydrogen-bond acceptors (Lipinski definition) is 3. The molecule has 0 radical (unpaired) electrons. The molecule has 3 nitrogen and oxygen atoms in total. The van der Waals surface area contributed by atoms with Gasteiger partial charge < -0.3 is 5.32 Å². The molecule has 2 aromatic heterocycles. The molecule has 0 spiro atoms. The molecule has 0 aliphatic carbocycles. The van der Waals surface area contributed by atoms with Crippen LogP contribution in [0.1, 0.15) is 22.7 Å². The molecular weight excluding hydrogens is 302 g/mol. The van der Waals surface area contributed by atoms with Crippen molar-refractivity contribution in [3.05, 3.63) is 46.1 Å². The second-order valence-corrected chi connectivity index (χ2v) is 7.15. The standard InChI is InChI=1S/C16H14ClN3S/c17-15-10-8-21-6-5-9(10)14(12-7-18-12)16-19-11-3-1-2-4-13(11)20(15)16/h1-4,12,18H,5-8H2/t12-/m1/s1. The largest absolute Gasteiger partial charge is 0.307 e. The summed E-state index contributed by atoms with van der Waals surface area (Å²) in [6, 6.07) is 8.71. The van der Waals surface area contributed by atoms with Crippen molar-refractivity contribution < 1.29 is 0 Å². The van der Waals surface area contributed by atoms with Crippen LogP contribution in [0.3, 0.4) is 0 Å². The molecule has 1 atom stereocenters. The molecule has 1 fully saturated rings. The van der Waals surface area contributed by atoms with Crippen molar-refractivity contribution in [2.75, 3.05) is 12.3 Å². The highest BCUT2D eigenvalue weighted by Gasteiger charge is 2.32. The zero-order valence-electron chi connectivity index (χ0n) is 11.4. The highest BCUT2D eigenvalue weighted by molar-refractivity contribution is 7.98. The van der Waals surface area contributed by atoms with Gasteiger partial charge in [-0.25, -0.2) is 4.98 Å². The smallest absolute Gasteiger partial charge is 0.144 e. The lowest BCUT2D eigenvalue weighted by molar-refractivity contribution is 0.958. The normalized spacial score (nSPS) is 20.9. The van der Waals surface area contributed by atoms with Crippen LogP contribution in [0.4, 0.5) is 0 Å². The Morgan fingerprint density at radius 2 is 2.14 bits per heavy atom. The molecule has 1 N–H and O–H groups in total. The zero-order chi connectivity index (χ0) is 14.0. The summed E-state index contributed by atoms with van der Waals surface area (Å²) in [7, 11) is 0. The van der Waals surface area contributed by atoms with E-state index in [2.05, 4.69) is 27.9 Å². The number of imidazole rings is 1. The molecule has 0 saturated carbocycles. The Balaban J connectivity index is 2.00. The van der Waals surface area contributed by atoms with Crippen molar-refractivity contribution >= 4 is 40.0 Å². The Morgan fingerprint density at radius 1 is 1.29 bits per heavy atom. The Morgan fingerprint density at radius 3 is 3.00 bits per heavy atom. The summed E-state index contributed by atoms with van der Waals surface area (Å²) in [6.45, 7) is 1.06. The van der Waals surface area contributed by atoms with Crippen molar-refractivity contribution in [1.82, 2.24) is 14.7 Å². The van der Waals surface area contributed by atoms with Crippen molar-refractivity contribution in [2.45, 2.75) is 18.2 Å². The van der Waals surface area contributed by atoms with Gasteiger partial charge in [-0.3, -0.25) is 4.40 Å². The molecule has 0 amide bonds. The highest BCUT2D eigenvalue weighted by atomic mass is 35.5. The van der Waals surface area contributed by atoms with Crippen LogP contribution in [-0.2, 0) is 12.2 Å². The van der Waals surface area contributed by atoms with Gasteiger partial charge in [0.15, 0.2) is 0 Å². The summed E-state index contributed by atoms with van der Waals surface area (Å²) in [6.07, 6.45) is 1.10. The number of nitrogens with one attached hydrogen (secondary N) is 1. The fourth-order valence-corrected chi connectivity index (χ4v) is 4.81. The highest BCUT2D eigenvalue weighted by Crippen LogP contribution is 2.40. The SMILES string of the molecule is Clc1c2c(c([C@H]3CN3)c3nc4ccccc4n13)CCSC2. The van der Waals surface area contributed by atoms with Crippen LogP contribution in [0.5, 0.6) is 0 Å². The summed E-state index contributed by atoms with van der Waals surface area (Å²) >= 11 is 8.74. The van der Waals surface area contributed by atoms with Gasteiger partial charge in [0.25, 0.3) is 0 Å². The first-order valence-electron chi connectivity index (χ1n) is 7.26. The number of rotatable bonds is 1. The van der Waals surface area contributed by atoms with Crippen LogP contribution in [0.2, 0.25) is 5.15 Å². The Labute approximate surface area is 131 Å². The third kappa shape index (κ3) is 1.70. The number of thioether (sulfide) groups is 1. The van der Waals surface area contributed by atoms with Crippen molar-refractivity contribution in [3.63, 3.8) is 0 Å². The van der Waals surface area contributed by atoms with E-state index in [1.807, 2.05) is 17.8 Å². The molecule has 1 saturated heterocycles. The average Bonchev–Trinajstić information content (AvgIpc) is 3.27. The predicted octanol–water partition coefficient (Wildman–Crippen LogP) is 3.57. The van der Waals surface area contributed by atoms with Crippen molar-refractivity contribution in [1.29, 1.82) is 0 Å². The van der Waals surface area contributed by atoms with E-state index < -0.39 is 0 Å². The lowest BCUT2D eigenvalue weighted by Gasteiger charge is -2.21. The number of hydrogen-bond donors (Lipinski definition) is 1. The van der Waals surface area contributed by atoms with Gasteiger partial charge in [0.05, 0.1) is 11.0 Å². The maximum absolute atomic E-state index is 6.77. The third-order valence-electron chi connectivity index (χ3n) is 4.44. The molecule has 3 aromatic rings. The number of para-hydroxylation sites is 2. The Kier molecular flexibility index (Phi) is 2.57. The van der Waals surface area contributed by atoms with E-state index in [-0.39, 0.29) is 0 Å². The molecule has 0 bridgehead atoms. The second-order valence-electron chi connectivity index (χ2n) is 5.68. The van der Waals surface area contributed by atoms with E-state index in [4.69, 9.17) is 16.6 Å². The summed E-state index contributed by atoms with van der Waals surface area (Å²) in [5.41, 5.74) is 7.31. The summed E-state index contributed by atoms with van der Waals surface area (Å²) in [4.78, 5) is 4.88. The van der Waals surface area contributed by atoms with E-state index in [0.29, 0.717) is 6.04 Å². The van der Waals surface area contributed by atoms with Crippen LogP contribution in [-0.4, -0.2) is 21.7 Å². The molecule has 5 rings (SSSR count). The molecule has 21 heavy (non-hydrogen) atoms. The first kappa shape index (κ1) is 12.3. The van der Waals surface area contributed by atoms with Crippen molar-refractivity contribution in [2.24, 2.45) is 0 Å². The number of benzene rings is 1. The lowest BCUT2D eigenvalue weighted by atomic mass is 9.99. The minimum absolute atomic E-state index is 0.457. The summed E-state index contributed by atoms with van der Waals surface area (Å²) in [5.74, 6) is 2.19. The minimum atomic E-state index is 0.457. The Bertz CT molecular complexity index is 882. The fourth-order valence-electron chi connectivity index (χ4n) is 3.37. The van der Waals surface area contributed by atoms with E-state index in [1.165, 1.54) is 22.4 Å². The van der Waals surface area contributed by atoms with Crippen LogP contribution < -0.4 is 5.32 Å². The van der Waals surface area contributed by atoms with Gasteiger partial charge in [0.1, 0.15) is 10.8 Å². The molecule has 5 heteroatoms. The third-order valence-corrected chi connectivity index (χ3v) is 5.82. The lowest BCUT2D eigenvalue weighted by Crippen LogP contribution is -2.11. The van der Waals surface area contributed by atoms with E-state index in [0.717, 1.165) is 40.6 Å². The van der Waals surface area contributed by atoms with Gasteiger partial charge in [-0.2, -0.15) is 11.8 Å².